The molecule has 0 saturated carbocycles. The molecule has 1 aromatic carbocycles. The molecule has 2 N–H and O–H groups in total. The van der Waals surface area contributed by atoms with E-state index in [9.17, 15) is 15.3 Å². The SMILES string of the molecule is CCOC(=O)C1=C(CSc2nc(C)cc(C)c2C#N)OC(N)=C(C#N)C1c1ccccc1Br. The van der Waals surface area contributed by atoms with Crippen LogP contribution in [0.4, 0.5) is 0 Å². The number of hydrogen-bond acceptors (Lipinski definition) is 8. The number of carbonyl (C=O) groups is 1. The van der Waals surface area contributed by atoms with Crippen molar-refractivity contribution in [3.8, 4) is 12.1 Å². The molecule has 1 atom stereocenters. The van der Waals surface area contributed by atoms with Crippen molar-refractivity contribution < 1.29 is 14.3 Å². The van der Waals surface area contributed by atoms with Crippen LogP contribution in [0, 0.1) is 36.5 Å². The van der Waals surface area contributed by atoms with Crippen molar-refractivity contribution in [2.24, 2.45) is 5.73 Å². The van der Waals surface area contributed by atoms with Crippen molar-refractivity contribution >= 4 is 33.7 Å². The fourth-order valence-corrected chi connectivity index (χ4v) is 5.11. The summed E-state index contributed by atoms with van der Waals surface area (Å²) in [6.45, 7) is 5.56. The molecule has 0 aliphatic carbocycles. The third-order valence-corrected chi connectivity index (χ3v) is 6.67. The van der Waals surface area contributed by atoms with Gasteiger partial charge in [-0.05, 0) is 44.0 Å². The number of rotatable bonds is 6. The smallest absolute Gasteiger partial charge is 0.338 e. The monoisotopic (exact) mass is 524 g/mol. The van der Waals surface area contributed by atoms with Gasteiger partial charge in [-0.1, -0.05) is 45.9 Å². The van der Waals surface area contributed by atoms with Crippen LogP contribution in [0.1, 0.15) is 35.2 Å². The Hall–Kier alpha value is -3.27. The number of hydrogen-bond donors (Lipinski definition) is 1. The average molecular weight is 525 g/mol. The molecule has 1 unspecified atom stereocenters. The van der Waals surface area contributed by atoms with Gasteiger partial charge in [0.05, 0.1) is 29.4 Å². The minimum Gasteiger partial charge on any atom is -0.463 e. The zero-order valence-electron chi connectivity index (χ0n) is 18.3. The van der Waals surface area contributed by atoms with Gasteiger partial charge >= 0.3 is 5.97 Å². The molecule has 168 valence electrons. The van der Waals surface area contributed by atoms with E-state index in [0.29, 0.717) is 20.6 Å². The van der Waals surface area contributed by atoms with Gasteiger partial charge < -0.3 is 15.2 Å². The Morgan fingerprint density at radius 2 is 2.03 bits per heavy atom. The lowest BCUT2D eigenvalue weighted by Gasteiger charge is -2.28. The van der Waals surface area contributed by atoms with Crippen LogP contribution < -0.4 is 5.73 Å². The molecule has 9 heteroatoms. The van der Waals surface area contributed by atoms with Crippen LogP contribution in [0.25, 0.3) is 0 Å². The number of carbonyl (C=O) groups excluding carboxylic acids is 1. The van der Waals surface area contributed by atoms with Crippen molar-refractivity contribution in [2.75, 3.05) is 12.4 Å². The number of nitriles is 2. The van der Waals surface area contributed by atoms with E-state index in [4.69, 9.17) is 15.2 Å². The second-order valence-electron chi connectivity index (χ2n) is 7.16. The second kappa shape index (κ2) is 10.6. The van der Waals surface area contributed by atoms with Gasteiger partial charge in [0, 0.05) is 10.2 Å². The number of thioether (sulfide) groups is 1. The standard InChI is InChI=1S/C24H21BrN4O3S/c1-4-31-24(30)21-19(12-33-23-16(10-26)13(2)9-14(3)29-23)32-22(28)17(11-27)20(21)15-7-5-6-8-18(15)25/h5-9,20H,4,12,28H2,1-3H3. The van der Waals surface area contributed by atoms with E-state index in [0.717, 1.165) is 11.3 Å². The lowest BCUT2D eigenvalue weighted by Crippen LogP contribution is -2.27. The van der Waals surface area contributed by atoms with Gasteiger partial charge in [0.1, 0.15) is 28.5 Å². The third-order valence-electron chi connectivity index (χ3n) is 4.97. The van der Waals surface area contributed by atoms with Gasteiger partial charge in [-0.3, -0.25) is 0 Å². The average Bonchev–Trinajstić information content (AvgIpc) is 2.77. The molecule has 1 aliphatic rings. The quantitative estimate of drug-likeness (QED) is 0.424. The van der Waals surface area contributed by atoms with E-state index in [2.05, 4.69) is 33.1 Å². The van der Waals surface area contributed by atoms with E-state index < -0.39 is 11.9 Å². The number of aryl methyl sites for hydroxylation is 2. The summed E-state index contributed by atoms with van der Waals surface area (Å²) in [5.74, 6) is -1.00. The van der Waals surface area contributed by atoms with Gasteiger partial charge in [0.2, 0.25) is 5.88 Å². The first-order chi connectivity index (χ1) is 15.8. The fourth-order valence-electron chi connectivity index (χ4n) is 3.55. The molecule has 0 radical (unpaired) electrons. The lowest BCUT2D eigenvalue weighted by molar-refractivity contribution is -0.139. The molecule has 3 rings (SSSR count). The van der Waals surface area contributed by atoms with Crippen LogP contribution >= 0.6 is 27.7 Å². The lowest BCUT2D eigenvalue weighted by atomic mass is 9.83. The normalized spacial score (nSPS) is 15.5. The number of pyridine rings is 1. The van der Waals surface area contributed by atoms with Crippen LogP contribution in [-0.2, 0) is 14.3 Å². The highest BCUT2D eigenvalue weighted by atomic mass is 79.9. The van der Waals surface area contributed by atoms with Crippen molar-refractivity contribution in [1.29, 1.82) is 10.5 Å². The minimum atomic E-state index is -0.767. The molecule has 1 aliphatic heterocycles. The Bertz CT molecular complexity index is 1260. The summed E-state index contributed by atoms with van der Waals surface area (Å²) in [7, 11) is 0. The minimum absolute atomic E-state index is 0.0733. The summed E-state index contributed by atoms with van der Waals surface area (Å²) in [5.41, 5.74) is 9.19. The molecule has 2 heterocycles. The number of esters is 1. The molecular formula is C24H21BrN4O3S. The highest BCUT2D eigenvalue weighted by Crippen LogP contribution is 2.43. The number of nitrogens with zero attached hydrogens (tertiary/aromatic N) is 3. The molecule has 0 fully saturated rings. The maximum absolute atomic E-state index is 13.1. The Labute approximate surface area is 205 Å². The summed E-state index contributed by atoms with van der Waals surface area (Å²) < 4.78 is 11.8. The second-order valence-corrected chi connectivity index (χ2v) is 8.98. The molecule has 0 saturated heterocycles. The number of ether oxygens (including phenoxy) is 2. The van der Waals surface area contributed by atoms with E-state index >= 15 is 0 Å². The van der Waals surface area contributed by atoms with E-state index in [-0.39, 0.29) is 35.1 Å². The number of halogens is 1. The summed E-state index contributed by atoms with van der Waals surface area (Å²) in [5, 5.41) is 19.9. The van der Waals surface area contributed by atoms with Crippen LogP contribution in [-0.4, -0.2) is 23.3 Å². The first-order valence-corrected chi connectivity index (χ1v) is 11.8. The summed E-state index contributed by atoms with van der Waals surface area (Å²) >= 11 is 4.78. The first kappa shape index (κ1) is 24.4. The Morgan fingerprint density at radius 3 is 2.67 bits per heavy atom. The van der Waals surface area contributed by atoms with Crippen molar-refractivity contribution in [3.05, 3.63) is 80.0 Å². The maximum atomic E-state index is 13.1. The van der Waals surface area contributed by atoms with Crippen LogP contribution in [0.2, 0.25) is 0 Å². The highest BCUT2D eigenvalue weighted by Gasteiger charge is 2.38. The number of aromatic nitrogens is 1. The van der Waals surface area contributed by atoms with Crippen molar-refractivity contribution in [1.82, 2.24) is 4.98 Å². The number of allylic oxidation sites excluding steroid dienone is 1. The Morgan fingerprint density at radius 1 is 1.30 bits per heavy atom. The van der Waals surface area contributed by atoms with Crippen LogP contribution in [0.3, 0.4) is 0 Å². The molecular weight excluding hydrogens is 504 g/mol. The topological polar surface area (TPSA) is 122 Å². The summed E-state index contributed by atoms with van der Waals surface area (Å²) in [4.78, 5) is 17.6. The first-order valence-electron chi connectivity index (χ1n) is 10.1. The molecule has 0 amide bonds. The Balaban J connectivity index is 2.14. The molecule has 1 aromatic heterocycles. The molecule has 2 aromatic rings. The number of benzene rings is 1. The van der Waals surface area contributed by atoms with E-state index in [1.807, 2.05) is 44.2 Å². The zero-order chi connectivity index (χ0) is 24.1. The predicted octanol–water partition coefficient (Wildman–Crippen LogP) is 4.75. The summed E-state index contributed by atoms with van der Waals surface area (Å²) in [6.07, 6.45) is 0. The number of nitrogens with two attached hydrogens (primary N) is 1. The van der Waals surface area contributed by atoms with E-state index in [1.54, 1.807) is 6.92 Å². The maximum Gasteiger partial charge on any atom is 0.338 e. The molecule has 0 spiro atoms. The highest BCUT2D eigenvalue weighted by molar-refractivity contribution is 9.10. The predicted molar refractivity (Wildman–Crippen MR) is 128 cm³/mol. The molecule has 7 nitrogen and oxygen atoms in total. The van der Waals surface area contributed by atoms with Gasteiger partial charge in [-0.2, -0.15) is 10.5 Å². The van der Waals surface area contributed by atoms with Gasteiger partial charge in [-0.15, -0.1) is 0 Å². The molecule has 0 bridgehead atoms. The zero-order valence-corrected chi connectivity index (χ0v) is 20.7. The Kier molecular flexibility index (Phi) is 7.80. The fraction of sp³-hybridized carbons (Fsp3) is 0.250. The van der Waals surface area contributed by atoms with Gasteiger partial charge in [0.25, 0.3) is 0 Å². The van der Waals surface area contributed by atoms with E-state index in [1.165, 1.54) is 11.8 Å². The third kappa shape index (κ3) is 5.05. The van der Waals surface area contributed by atoms with Crippen LogP contribution in [0.5, 0.6) is 0 Å². The van der Waals surface area contributed by atoms with Gasteiger partial charge in [-0.25, -0.2) is 9.78 Å². The van der Waals surface area contributed by atoms with Gasteiger partial charge in [0.15, 0.2) is 0 Å². The van der Waals surface area contributed by atoms with Crippen LogP contribution in [0.15, 0.2) is 62.6 Å². The van der Waals surface area contributed by atoms with Crippen molar-refractivity contribution in [3.63, 3.8) is 0 Å². The molecule has 33 heavy (non-hydrogen) atoms. The van der Waals surface area contributed by atoms with Crippen molar-refractivity contribution in [2.45, 2.75) is 31.7 Å². The summed E-state index contributed by atoms with van der Waals surface area (Å²) in [6, 6.07) is 13.4. The largest absolute Gasteiger partial charge is 0.463 e.